The molecule has 0 bridgehead atoms. The Morgan fingerprint density at radius 1 is 1.33 bits per heavy atom. The number of likely N-dealkylation sites (N-methyl/N-ethyl adjacent to an activating group) is 1. The van der Waals surface area contributed by atoms with Crippen LogP contribution in [-0.2, 0) is 0 Å². The van der Waals surface area contributed by atoms with E-state index in [2.05, 4.69) is 19.9 Å². The zero-order valence-corrected chi connectivity index (χ0v) is 13.8. The minimum Gasteiger partial charge on any atom is -0.386 e. The average Bonchev–Trinajstić information content (AvgIpc) is 2.97. The van der Waals surface area contributed by atoms with Crippen LogP contribution < -0.4 is 4.90 Å². The summed E-state index contributed by atoms with van der Waals surface area (Å²) < 4.78 is 0. The SMILES string of the molecule is Cc1ncncc1C(=O)N(C)CC1(O)CCN(c2cnccn2)C1. The van der Waals surface area contributed by atoms with Crippen molar-refractivity contribution in [2.45, 2.75) is 18.9 Å². The van der Waals surface area contributed by atoms with Gasteiger partial charge >= 0.3 is 0 Å². The number of amides is 1. The maximum absolute atomic E-state index is 12.5. The number of carbonyl (C=O) groups excluding carboxylic acids is 1. The lowest BCUT2D eigenvalue weighted by atomic mass is 10.0. The van der Waals surface area contributed by atoms with Crippen LogP contribution in [-0.4, -0.2) is 68.1 Å². The zero-order chi connectivity index (χ0) is 17.2. The second-order valence-corrected chi connectivity index (χ2v) is 6.14. The predicted molar refractivity (Wildman–Crippen MR) is 87.5 cm³/mol. The van der Waals surface area contributed by atoms with Gasteiger partial charge in [0.25, 0.3) is 5.91 Å². The molecule has 3 rings (SSSR count). The van der Waals surface area contributed by atoms with Gasteiger partial charge in [-0.25, -0.2) is 15.0 Å². The van der Waals surface area contributed by atoms with E-state index in [4.69, 9.17) is 0 Å². The van der Waals surface area contributed by atoms with Crippen molar-refractivity contribution in [1.29, 1.82) is 0 Å². The van der Waals surface area contributed by atoms with Crippen molar-refractivity contribution in [2.24, 2.45) is 0 Å². The number of hydrogen-bond donors (Lipinski definition) is 1. The normalized spacial score (nSPS) is 20.2. The Hall–Kier alpha value is -2.61. The van der Waals surface area contributed by atoms with Crippen LogP contribution in [0.3, 0.4) is 0 Å². The van der Waals surface area contributed by atoms with E-state index in [-0.39, 0.29) is 12.5 Å². The first-order chi connectivity index (χ1) is 11.5. The summed E-state index contributed by atoms with van der Waals surface area (Å²) in [5, 5.41) is 10.8. The highest BCUT2D eigenvalue weighted by molar-refractivity contribution is 5.94. The lowest BCUT2D eigenvalue weighted by Gasteiger charge is -2.29. The van der Waals surface area contributed by atoms with Gasteiger partial charge in [0.1, 0.15) is 17.7 Å². The van der Waals surface area contributed by atoms with Gasteiger partial charge in [-0.15, -0.1) is 0 Å². The van der Waals surface area contributed by atoms with Crippen LogP contribution in [0.1, 0.15) is 22.5 Å². The molecule has 126 valence electrons. The van der Waals surface area contributed by atoms with Crippen LogP contribution in [0, 0.1) is 6.92 Å². The predicted octanol–water partition coefficient (Wildman–Crippen LogP) is 0.288. The number of anilines is 1. The van der Waals surface area contributed by atoms with Crippen molar-refractivity contribution in [1.82, 2.24) is 24.8 Å². The topological polar surface area (TPSA) is 95.3 Å². The summed E-state index contributed by atoms with van der Waals surface area (Å²) in [6.07, 6.45) is 8.39. The Morgan fingerprint density at radius 2 is 2.17 bits per heavy atom. The van der Waals surface area contributed by atoms with Gasteiger partial charge in [0.15, 0.2) is 0 Å². The monoisotopic (exact) mass is 328 g/mol. The van der Waals surface area contributed by atoms with Crippen molar-refractivity contribution in [3.63, 3.8) is 0 Å². The van der Waals surface area contributed by atoms with Gasteiger partial charge in [0.2, 0.25) is 0 Å². The number of carbonyl (C=O) groups is 1. The lowest BCUT2D eigenvalue weighted by Crippen LogP contribution is -2.46. The van der Waals surface area contributed by atoms with E-state index >= 15 is 0 Å². The molecule has 2 aromatic rings. The number of aliphatic hydroxyl groups is 1. The third-order valence-corrected chi connectivity index (χ3v) is 4.23. The van der Waals surface area contributed by atoms with E-state index in [1.54, 1.807) is 32.6 Å². The highest BCUT2D eigenvalue weighted by atomic mass is 16.3. The molecule has 1 aliphatic heterocycles. The average molecular weight is 328 g/mol. The number of hydrogen-bond acceptors (Lipinski definition) is 7. The maximum Gasteiger partial charge on any atom is 0.257 e. The summed E-state index contributed by atoms with van der Waals surface area (Å²) in [6, 6.07) is 0. The van der Waals surface area contributed by atoms with Gasteiger partial charge in [-0.05, 0) is 13.3 Å². The number of rotatable bonds is 4. The van der Waals surface area contributed by atoms with Crippen LogP contribution in [0.25, 0.3) is 0 Å². The molecule has 1 atom stereocenters. The molecule has 0 aliphatic carbocycles. The Labute approximate surface area is 140 Å². The molecule has 0 aromatic carbocycles. The van der Waals surface area contributed by atoms with Crippen molar-refractivity contribution in [2.75, 3.05) is 31.6 Å². The number of β-amino-alcohol motifs (C(OH)–C–C–N with tert-alkyl or cyclic N) is 1. The molecule has 3 heterocycles. The Kier molecular flexibility index (Phi) is 4.39. The smallest absolute Gasteiger partial charge is 0.257 e. The fraction of sp³-hybridized carbons (Fsp3) is 0.438. The first-order valence-electron chi connectivity index (χ1n) is 7.74. The van der Waals surface area contributed by atoms with Gasteiger partial charge in [-0.1, -0.05) is 0 Å². The van der Waals surface area contributed by atoms with Gasteiger partial charge in [0.05, 0.1) is 24.0 Å². The fourth-order valence-corrected chi connectivity index (χ4v) is 2.96. The minimum absolute atomic E-state index is 0.195. The van der Waals surface area contributed by atoms with E-state index in [0.29, 0.717) is 30.8 Å². The molecule has 1 fully saturated rings. The molecule has 1 unspecified atom stereocenters. The molecule has 0 saturated carbocycles. The largest absolute Gasteiger partial charge is 0.386 e. The summed E-state index contributed by atoms with van der Waals surface area (Å²) in [5.74, 6) is 0.536. The van der Waals surface area contributed by atoms with Gasteiger partial charge in [-0.2, -0.15) is 0 Å². The van der Waals surface area contributed by atoms with Gasteiger partial charge in [0, 0.05) is 38.7 Å². The van der Waals surface area contributed by atoms with Crippen LogP contribution in [0.5, 0.6) is 0 Å². The second-order valence-electron chi connectivity index (χ2n) is 6.14. The molecule has 0 radical (unpaired) electrons. The van der Waals surface area contributed by atoms with Crippen LogP contribution >= 0.6 is 0 Å². The third kappa shape index (κ3) is 3.33. The molecule has 2 aromatic heterocycles. The molecular weight excluding hydrogens is 308 g/mol. The molecule has 24 heavy (non-hydrogen) atoms. The summed E-state index contributed by atoms with van der Waals surface area (Å²) in [6.45, 7) is 3.08. The highest BCUT2D eigenvalue weighted by Gasteiger charge is 2.38. The third-order valence-electron chi connectivity index (χ3n) is 4.23. The van der Waals surface area contributed by atoms with E-state index in [1.807, 2.05) is 4.90 Å². The quantitative estimate of drug-likeness (QED) is 0.861. The van der Waals surface area contributed by atoms with Crippen molar-refractivity contribution in [3.05, 3.63) is 42.4 Å². The summed E-state index contributed by atoms with van der Waals surface area (Å²) in [5.41, 5.74) is 0.0969. The first kappa shape index (κ1) is 16.3. The molecule has 1 amide bonds. The van der Waals surface area contributed by atoms with E-state index in [1.165, 1.54) is 17.4 Å². The molecule has 0 spiro atoms. The minimum atomic E-state index is -0.981. The second kappa shape index (κ2) is 6.48. The molecule has 1 saturated heterocycles. The number of aryl methyl sites for hydroxylation is 1. The Morgan fingerprint density at radius 3 is 2.88 bits per heavy atom. The van der Waals surface area contributed by atoms with Gasteiger partial charge < -0.3 is 14.9 Å². The number of aromatic nitrogens is 4. The molecule has 1 N–H and O–H groups in total. The Balaban J connectivity index is 1.67. The zero-order valence-electron chi connectivity index (χ0n) is 13.8. The van der Waals surface area contributed by atoms with E-state index < -0.39 is 5.60 Å². The molecular formula is C16H20N6O2. The molecule has 8 nitrogen and oxygen atoms in total. The van der Waals surface area contributed by atoms with Crippen LogP contribution in [0.15, 0.2) is 31.1 Å². The highest BCUT2D eigenvalue weighted by Crippen LogP contribution is 2.26. The summed E-state index contributed by atoms with van der Waals surface area (Å²) >= 11 is 0. The summed E-state index contributed by atoms with van der Waals surface area (Å²) in [4.78, 5) is 32.3. The lowest BCUT2D eigenvalue weighted by molar-refractivity contribution is 0.0263. The van der Waals surface area contributed by atoms with Gasteiger partial charge in [-0.3, -0.25) is 9.78 Å². The standard InChI is InChI=1S/C16H20N6O2/c1-12-13(7-18-11-20-12)15(23)21(2)9-16(24)3-6-22(10-16)14-8-17-4-5-19-14/h4-5,7-8,11,24H,3,6,9-10H2,1-2H3. The fourth-order valence-electron chi connectivity index (χ4n) is 2.96. The molecule has 1 aliphatic rings. The van der Waals surface area contributed by atoms with Crippen molar-refractivity contribution < 1.29 is 9.90 Å². The maximum atomic E-state index is 12.5. The van der Waals surface area contributed by atoms with E-state index in [0.717, 1.165) is 5.82 Å². The first-order valence-corrected chi connectivity index (χ1v) is 7.74. The van der Waals surface area contributed by atoms with Crippen molar-refractivity contribution in [3.8, 4) is 0 Å². The summed E-state index contributed by atoms with van der Waals surface area (Å²) in [7, 11) is 1.68. The van der Waals surface area contributed by atoms with Crippen molar-refractivity contribution >= 4 is 11.7 Å². The molecule has 8 heteroatoms. The van der Waals surface area contributed by atoms with E-state index in [9.17, 15) is 9.90 Å². The van der Waals surface area contributed by atoms with Crippen LogP contribution in [0.2, 0.25) is 0 Å². The Bertz CT molecular complexity index is 726. The van der Waals surface area contributed by atoms with Crippen LogP contribution in [0.4, 0.5) is 5.82 Å². The number of nitrogens with zero attached hydrogens (tertiary/aromatic N) is 6.